The van der Waals surface area contributed by atoms with Gasteiger partial charge >= 0.3 is 0 Å². The first-order valence-corrected chi connectivity index (χ1v) is 6.81. The van der Waals surface area contributed by atoms with E-state index >= 15 is 0 Å². The minimum Gasteiger partial charge on any atom is -0.393 e. The predicted molar refractivity (Wildman–Crippen MR) is 71.8 cm³/mol. The van der Waals surface area contributed by atoms with Crippen LogP contribution in [-0.4, -0.2) is 17.3 Å². The lowest BCUT2D eigenvalue weighted by molar-refractivity contribution is 0.00328. The quantitative estimate of drug-likeness (QED) is 0.710. The van der Waals surface area contributed by atoms with Gasteiger partial charge in [0.2, 0.25) is 0 Å². The van der Waals surface area contributed by atoms with E-state index in [9.17, 15) is 5.11 Å². The molecule has 4 unspecified atom stereocenters. The molecule has 18 heavy (non-hydrogen) atoms. The van der Waals surface area contributed by atoms with Gasteiger partial charge in [0.05, 0.1) is 12.1 Å². The standard InChI is InChI=1S/C15H22N2O/c1-15(2)8-11-13(12(18)9-15)14(17-16-11)10-6-4-3-5-7-10/h3-7,11-14,16-18H,8-9H2,1-2H3. The molecule has 1 aliphatic heterocycles. The fraction of sp³-hybridized carbons (Fsp3) is 0.600. The Hall–Kier alpha value is -0.900. The van der Waals surface area contributed by atoms with Crippen LogP contribution in [0.4, 0.5) is 0 Å². The van der Waals surface area contributed by atoms with Crippen LogP contribution in [0, 0.1) is 11.3 Å². The Kier molecular flexibility index (Phi) is 2.93. The van der Waals surface area contributed by atoms with Gasteiger partial charge in [0, 0.05) is 12.0 Å². The van der Waals surface area contributed by atoms with E-state index in [0.717, 1.165) is 12.8 Å². The van der Waals surface area contributed by atoms with Gasteiger partial charge in [0.15, 0.2) is 0 Å². The van der Waals surface area contributed by atoms with Gasteiger partial charge in [-0.25, -0.2) is 5.43 Å². The minimum absolute atomic E-state index is 0.223. The lowest BCUT2D eigenvalue weighted by atomic mass is 9.67. The first-order chi connectivity index (χ1) is 8.57. The van der Waals surface area contributed by atoms with Crippen molar-refractivity contribution < 1.29 is 5.11 Å². The zero-order valence-electron chi connectivity index (χ0n) is 11.1. The largest absolute Gasteiger partial charge is 0.393 e. The van der Waals surface area contributed by atoms with Crippen LogP contribution in [0.25, 0.3) is 0 Å². The van der Waals surface area contributed by atoms with Crippen molar-refractivity contribution in [3.63, 3.8) is 0 Å². The Morgan fingerprint density at radius 1 is 1.11 bits per heavy atom. The summed E-state index contributed by atoms with van der Waals surface area (Å²) < 4.78 is 0. The molecule has 0 radical (unpaired) electrons. The second-order valence-corrected chi connectivity index (χ2v) is 6.50. The molecule has 3 N–H and O–H groups in total. The monoisotopic (exact) mass is 246 g/mol. The Morgan fingerprint density at radius 3 is 2.56 bits per heavy atom. The maximum Gasteiger partial charge on any atom is 0.0607 e. The van der Waals surface area contributed by atoms with Crippen LogP contribution in [0.3, 0.4) is 0 Å². The summed E-state index contributed by atoms with van der Waals surface area (Å²) in [6.45, 7) is 4.48. The predicted octanol–water partition coefficient (Wildman–Crippen LogP) is 2.00. The average Bonchev–Trinajstić information content (AvgIpc) is 2.72. The number of fused-ring (bicyclic) bond motifs is 1. The number of hydrogen-bond acceptors (Lipinski definition) is 3. The molecule has 2 fully saturated rings. The number of aliphatic hydroxyl groups is 1. The second-order valence-electron chi connectivity index (χ2n) is 6.50. The van der Waals surface area contributed by atoms with Crippen molar-refractivity contribution in [3.05, 3.63) is 35.9 Å². The molecule has 0 bridgehead atoms. The van der Waals surface area contributed by atoms with Gasteiger partial charge in [-0.15, -0.1) is 0 Å². The van der Waals surface area contributed by atoms with Crippen LogP contribution >= 0.6 is 0 Å². The molecule has 3 rings (SSSR count). The highest BCUT2D eigenvalue weighted by Crippen LogP contribution is 2.45. The molecule has 0 aromatic heterocycles. The summed E-state index contributed by atoms with van der Waals surface area (Å²) in [7, 11) is 0. The first-order valence-electron chi connectivity index (χ1n) is 6.81. The van der Waals surface area contributed by atoms with E-state index in [1.165, 1.54) is 5.56 Å². The lowest BCUT2D eigenvalue weighted by Gasteiger charge is -2.41. The van der Waals surface area contributed by atoms with E-state index < -0.39 is 0 Å². The Balaban J connectivity index is 1.85. The van der Waals surface area contributed by atoms with E-state index in [1.807, 2.05) is 6.07 Å². The van der Waals surface area contributed by atoms with Crippen molar-refractivity contribution in [1.29, 1.82) is 0 Å². The zero-order valence-corrected chi connectivity index (χ0v) is 11.1. The summed E-state index contributed by atoms with van der Waals surface area (Å²) in [5, 5.41) is 10.5. The number of rotatable bonds is 1. The molecule has 0 amide bonds. The highest BCUT2D eigenvalue weighted by molar-refractivity contribution is 5.22. The van der Waals surface area contributed by atoms with E-state index in [1.54, 1.807) is 0 Å². The number of hydrazine groups is 1. The van der Waals surface area contributed by atoms with Crippen molar-refractivity contribution in [1.82, 2.24) is 10.9 Å². The fourth-order valence-corrected chi connectivity index (χ4v) is 3.65. The van der Waals surface area contributed by atoms with E-state index in [-0.39, 0.29) is 23.5 Å². The average molecular weight is 246 g/mol. The molecule has 1 saturated carbocycles. The summed E-state index contributed by atoms with van der Waals surface area (Å²) in [4.78, 5) is 0. The first kappa shape index (κ1) is 12.2. The number of aliphatic hydroxyl groups excluding tert-OH is 1. The van der Waals surface area contributed by atoms with Gasteiger partial charge in [-0.2, -0.15) is 0 Å². The fourth-order valence-electron chi connectivity index (χ4n) is 3.65. The second kappa shape index (κ2) is 4.34. The summed E-state index contributed by atoms with van der Waals surface area (Å²) in [6, 6.07) is 11.0. The van der Waals surface area contributed by atoms with Crippen molar-refractivity contribution >= 4 is 0 Å². The van der Waals surface area contributed by atoms with Crippen LogP contribution in [0.15, 0.2) is 30.3 Å². The summed E-state index contributed by atoms with van der Waals surface area (Å²) in [6.07, 6.45) is 1.78. The van der Waals surface area contributed by atoms with Gasteiger partial charge < -0.3 is 5.11 Å². The van der Waals surface area contributed by atoms with Crippen molar-refractivity contribution in [3.8, 4) is 0 Å². The Bertz CT molecular complexity index is 418. The lowest BCUT2D eigenvalue weighted by Crippen LogP contribution is -2.45. The van der Waals surface area contributed by atoms with E-state index in [2.05, 4.69) is 49.0 Å². The Labute approximate surface area is 109 Å². The van der Waals surface area contributed by atoms with Gasteiger partial charge in [0.25, 0.3) is 0 Å². The third-order valence-corrected chi connectivity index (χ3v) is 4.41. The molecule has 1 aromatic carbocycles. The molecule has 0 spiro atoms. The maximum atomic E-state index is 10.5. The van der Waals surface area contributed by atoms with Gasteiger partial charge in [-0.3, -0.25) is 5.43 Å². The van der Waals surface area contributed by atoms with Gasteiger partial charge in [0.1, 0.15) is 0 Å². The summed E-state index contributed by atoms with van der Waals surface area (Å²) in [5.41, 5.74) is 8.24. The van der Waals surface area contributed by atoms with Crippen LogP contribution in [-0.2, 0) is 0 Å². The van der Waals surface area contributed by atoms with Crippen LogP contribution in [0.5, 0.6) is 0 Å². The van der Waals surface area contributed by atoms with Crippen LogP contribution in [0.1, 0.15) is 38.3 Å². The van der Waals surface area contributed by atoms with Gasteiger partial charge in [-0.1, -0.05) is 44.2 Å². The van der Waals surface area contributed by atoms with E-state index in [4.69, 9.17) is 0 Å². The highest BCUT2D eigenvalue weighted by Gasteiger charge is 2.48. The molecule has 4 atom stereocenters. The summed E-state index contributed by atoms with van der Waals surface area (Å²) >= 11 is 0. The van der Waals surface area contributed by atoms with Crippen molar-refractivity contribution in [2.45, 2.75) is 44.9 Å². The normalized spacial score (nSPS) is 38.4. The number of hydrogen-bond donors (Lipinski definition) is 3. The summed E-state index contributed by atoms with van der Waals surface area (Å²) in [5.74, 6) is 0.278. The molecule has 98 valence electrons. The van der Waals surface area contributed by atoms with E-state index in [0.29, 0.717) is 6.04 Å². The van der Waals surface area contributed by atoms with Crippen molar-refractivity contribution in [2.75, 3.05) is 0 Å². The van der Waals surface area contributed by atoms with Crippen LogP contribution < -0.4 is 10.9 Å². The molecule has 1 saturated heterocycles. The molecule has 1 aromatic rings. The molecule has 1 aliphatic carbocycles. The third-order valence-electron chi connectivity index (χ3n) is 4.41. The number of benzene rings is 1. The molecular formula is C15H22N2O. The van der Waals surface area contributed by atoms with Crippen molar-refractivity contribution in [2.24, 2.45) is 11.3 Å². The maximum absolute atomic E-state index is 10.5. The SMILES string of the molecule is CC1(C)CC(O)C2C(C1)NNC2c1ccccc1. The molecule has 2 aliphatic rings. The molecule has 3 nitrogen and oxygen atoms in total. The highest BCUT2D eigenvalue weighted by atomic mass is 16.3. The smallest absolute Gasteiger partial charge is 0.0607 e. The third kappa shape index (κ3) is 2.07. The zero-order chi connectivity index (χ0) is 12.8. The molecular weight excluding hydrogens is 224 g/mol. The molecule has 3 heteroatoms. The Morgan fingerprint density at radius 2 is 1.83 bits per heavy atom. The minimum atomic E-state index is -0.230. The topological polar surface area (TPSA) is 44.3 Å². The van der Waals surface area contributed by atoms with Gasteiger partial charge in [-0.05, 0) is 23.8 Å². The number of nitrogens with one attached hydrogen (secondary N) is 2. The molecule has 1 heterocycles. The van der Waals surface area contributed by atoms with Crippen LogP contribution in [0.2, 0.25) is 0 Å².